The van der Waals surface area contributed by atoms with Crippen molar-refractivity contribution in [2.75, 3.05) is 11.1 Å². The standard InChI is InChI=1S/C13H12ClFN2/c14-11-7-10(15)6-5-9(11)8-17-13-4-2-1-3-12(13)16/h1-7,17H,8,16H2. The maximum absolute atomic E-state index is 12.8. The highest BCUT2D eigenvalue weighted by molar-refractivity contribution is 6.31. The molecule has 0 aromatic heterocycles. The summed E-state index contributed by atoms with van der Waals surface area (Å²) < 4.78 is 12.8. The van der Waals surface area contributed by atoms with Crippen LogP contribution in [0.15, 0.2) is 42.5 Å². The minimum Gasteiger partial charge on any atom is -0.397 e. The van der Waals surface area contributed by atoms with Gasteiger partial charge in [0.1, 0.15) is 5.82 Å². The van der Waals surface area contributed by atoms with E-state index in [9.17, 15) is 4.39 Å². The smallest absolute Gasteiger partial charge is 0.124 e. The number of benzene rings is 2. The van der Waals surface area contributed by atoms with E-state index < -0.39 is 0 Å². The van der Waals surface area contributed by atoms with Gasteiger partial charge in [-0.1, -0.05) is 29.8 Å². The zero-order valence-electron chi connectivity index (χ0n) is 9.08. The molecule has 3 N–H and O–H groups in total. The minimum atomic E-state index is -0.335. The Labute approximate surface area is 104 Å². The van der Waals surface area contributed by atoms with Crippen LogP contribution in [0.5, 0.6) is 0 Å². The minimum absolute atomic E-state index is 0.335. The van der Waals surface area contributed by atoms with Gasteiger partial charge in [-0.25, -0.2) is 4.39 Å². The van der Waals surface area contributed by atoms with Gasteiger partial charge in [-0.3, -0.25) is 0 Å². The Morgan fingerprint density at radius 3 is 2.65 bits per heavy atom. The zero-order chi connectivity index (χ0) is 12.3. The molecule has 0 saturated carbocycles. The van der Waals surface area contributed by atoms with E-state index in [1.807, 2.05) is 24.3 Å². The monoisotopic (exact) mass is 250 g/mol. The molecule has 0 amide bonds. The van der Waals surface area contributed by atoms with Crippen molar-refractivity contribution in [1.82, 2.24) is 0 Å². The average molecular weight is 251 g/mol. The molecule has 0 heterocycles. The molecular weight excluding hydrogens is 239 g/mol. The van der Waals surface area contributed by atoms with Gasteiger partial charge in [-0.15, -0.1) is 0 Å². The fraction of sp³-hybridized carbons (Fsp3) is 0.0769. The van der Waals surface area contributed by atoms with E-state index in [2.05, 4.69) is 5.32 Å². The van der Waals surface area contributed by atoms with Crippen molar-refractivity contribution in [3.05, 3.63) is 58.9 Å². The molecule has 0 atom stereocenters. The molecule has 0 aliphatic heterocycles. The second-order valence-electron chi connectivity index (χ2n) is 3.68. The van der Waals surface area contributed by atoms with E-state index in [1.165, 1.54) is 12.1 Å². The van der Waals surface area contributed by atoms with Crippen LogP contribution in [0.1, 0.15) is 5.56 Å². The van der Waals surface area contributed by atoms with Gasteiger partial charge in [0, 0.05) is 11.6 Å². The summed E-state index contributed by atoms with van der Waals surface area (Å²) in [7, 11) is 0. The van der Waals surface area contributed by atoms with Gasteiger partial charge in [-0.2, -0.15) is 0 Å². The third-order valence-electron chi connectivity index (χ3n) is 2.45. The normalized spacial score (nSPS) is 10.2. The number of nitrogens with one attached hydrogen (secondary N) is 1. The quantitative estimate of drug-likeness (QED) is 0.816. The van der Waals surface area contributed by atoms with Crippen molar-refractivity contribution < 1.29 is 4.39 Å². The van der Waals surface area contributed by atoms with Crippen molar-refractivity contribution >= 4 is 23.0 Å². The van der Waals surface area contributed by atoms with Crippen LogP contribution in [0.2, 0.25) is 5.02 Å². The van der Waals surface area contributed by atoms with E-state index in [-0.39, 0.29) is 5.82 Å². The molecule has 0 unspecified atom stereocenters. The molecule has 0 fully saturated rings. The summed E-state index contributed by atoms with van der Waals surface area (Å²) in [6.07, 6.45) is 0. The Balaban J connectivity index is 2.10. The van der Waals surface area contributed by atoms with Crippen LogP contribution in [-0.2, 0) is 6.54 Å². The predicted molar refractivity (Wildman–Crippen MR) is 69.6 cm³/mol. The Bertz CT molecular complexity index is 529. The molecule has 2 nitrogen and oxygen atoms in total. The first-order chi connectivity index (χ1) is 8.16. The maximum atomic E-state index is 12.8. The van der Waals surface area contributed by atoms with Gasteiger partial charge < -0.3 is 11.1 Å². The first kappa shape index (κ1) is 11.7. The van der Waals surface area contributed by atoms with Gasteiger partial charge in [-0.05, 0) is 29.8 Å². The molecule has 17 heavy (non-hydrogen) atoms. The molecule has 0 bridgehead atoms. The summed E-state index contributed by atoms with van der Waals surface area (Å²) >= 11 is 5.92. The molecule has 0 aliphatic carbocycles. The number of anilines is 2. The van der Waals surface area contributed by atoms with Crippen LogP contribution in [0.25, 0.3) is 0 Å². The van der Waals surface area contributed by atoms with Crippen LogP contribution in [0, 0.1) is 5.82 Å². The average Bonchev–Trinajstić information content (AvgIpc) is 2.30. The fourth-order valence-corrected chi connectivity index (χ4v) is 1.75. The Kier molecular flexibility index (Phi) is 3.49. The number of hydrogen-bond acceptors (Lipinski definition) is 2. The number of nitrogen functional groups attached to an aromatic ring is 1. The summed E-state index contributed by atoms with van der Waals surface area (Å²) in [5.41, 5.74) is 8.13. The number of para-hydroxylation sites is 2. The van der Waals surface area contributed by atoms with Gasteiger partial charge in [0.25, 0.3) is 0 Å². The lowest BCUT2D eigenvalue weighted by Gasteiger charge is -2.10. The largest absolute Gasteiger partial charge is 0.397 e. The highest BCUT2D eigenvalue weighted by atomic mass is 35.5. The van der Waals surface area contributed by atoms with Crippen LogP contribution >= 0.6 is 11.6 Å². The molecule has 0 aliphatic rings. The molecule has 0 spiro atoms. The molecule has 2 aromatic carbocycles. The molecule has 0 radical (unpaired) electrons. The lowest BCUT2D eigenvalue weighted by atomic mass is 10.2. The first-order valence-electron chi connectivity index (χ1n) is 5.19. The molecule has 4 heteroatoms. The Hall–Kier alpha value is -1.74. The zero-order valence-corrected chi connectivity index (χ0v) is 9.84. The molecule has 0 saturated heterocycles. The van der Waals surface area contributed by atoms with Crippen LogP contribution in [0.4, 0.5) is 15.8 Å². The summed E-state index contributed by atoms with van der Waals surface area (Å²) in [6.45, 7) is 0.507. The molecular formula is C13H12ClFN2. The van der Waals surface area contributed by atoms with E-state index in [1.54, 1.807) is 6.07 Å². The van der Waals surface area contributed by atoms with Crippen molar-refractivity contribution in [2.45, 2.75) is 6.54 Å². The van der Waals surface area contributed by atoms with E-state index in [4.69, 9.17) is 17.3 Å². The molecule has 88 valence electrons. The van der Waals surface area contributed by atoms with Crippen LogP contribution < -0.4 is 11.1 Å². The fourth-order valence-electron chi connectivity index (χ4n) is 1.51. The predicted octanol–water partition coefficient (Wildman–Crippen LogP) is 3.67. The van der Waals surface area contributed by atoms with Gasteiger partial charge in [0.05, 0.1) is 11.4 Å². The van der Waals surface area contributed by atoms with E-state index >= 15 is 0 Å². The summed E-state index contributed by atoms with van der Waals surface area (Å²) in [6, 6.07) is 11.8. The number of nitrogens with two attached hydrogens (primary N) is 1. The number of rotatable bonds is 3. The maximum Gasteiger partial charge on any atom is 0.124 e. The number of hydrogen-bond donors (Lipinski definition) is 2. The summed E-state index contributed by atoms with van der Waals surface area (Å²) in [5.74, 6) is -0.335. The van der Waals surface area contributed by atoms with Crippen molar-refractivity contribution in [3.63, 3.8) is 0 Å². The Morgan fingerprint density at radius 1 is 1.18 bits per heavy atom. The van der Waals surface area contributed by atoms with Gasteiger partial charge in [0.2, 0.25) is 0 Å². The highest BCUT2D eigenvalue weighted by Crippen LogP contribution is 2.21. The van der Waals surface area contributed by atoms with Crippen LogP contribution in [-0.4, -0.2) is 0 Å². The van der Waals surface area contributed by atoms with Crippen LogP contribution in [0.3, 0.4) is 0 Å². The Morgan fingerprint density at radius 2 is 1.94 bits per heavy atom. The van der Waals surface area contributed by atoms with Gasteiger partial charge in [0.15, 0.2) is 0 Å². The lowest BCUT2D eigenvalue weighted by molar-refractivity contribution is 0.627. The van der Waals surface area contributed by atoms with Crippen molar-refractivity contribution in [3.8, 4) is 0 Å². The van der Waals surface area contributed by atoms with Crippen molar-refractivity contribution in [1.29, 1.82) is 0 Å². The van der Waals surface area contributed by atoms with Gasteiger partial charge >= 0.3 is 0 Å². The summed E-state index contributed by atoms with van der Waals surface area (Å²) in [4.78, 5) is 0. The lowest BCUT2D eigenvalue weighted by Crippen LogP contribution is -2.02. The van der Waals surface area contributed by atoms with E-state index in [0.717, 1.165) is 11.3 Å². The SMILES string of the molecule is Nc1ccccc1NCc1ccc(F)cc1Cl. The third-order valence-corrected chi connectivity index (χ3v) is 2.80. The first-order valence-corrected chi connectivity index (χ1v) is 5.57. The molecule has 2 aromatic rings. The summed E-state index contributed by atoms with van der Waals surface area (Å²) in [5, 5.41) is 3.57. The van der Waals surface area contributed by atoms with Crippen molar-refractivity contribution in [2.24, 2.45) is 0 Å². The third kappa shape index (κ3) is 2.88. The number of halogens is 2. The second kappa shape index (κ2) is 5.06. The highest BCUT2D eigenvalue weighted by Gasteiger charge is 2.03. The van der Waals surface area contributed by atoms with E-state index in [0.29, 0.717) is 17.3 Å². The topological polar surface area (TPSA) is 38.0 Å². The second-order valence-corrected chi connectivity index (χ2v) is 4.08. The molecule has 2 rings (SSSR count).